The van der Waals surface area contributed by atoms with E-state index < -0.39 is 0 Å². The van der Waals surface area contributed by atoms with Crippen LogP contribution in [0.4, 0.5) is 5.69 Å². The minimum absolute atomic E-state index is 0.140. The molecule has 0 aliphatic heterocycles. The van der Waals surface area contributed by atoms with Crippen LogP contribution in [0.5, 0.6) is 0 Å². The molecule has 1 aromatic heterocycles. The van der Waals surface area contributed by atoms with Crippen LogP contribution in [-0.4, -0.2) is 26.5 Å². The molecule has 6 nitrogen and oxygen atoms in total. The maximum absolute atomic E-state index is 11.8. The van der Waals surface area contributed by atoms with Crippen molar-refractivity contribution >= 4 is 35.0 Å². The average molecular weight is 298 g/mol. The van der Waals surface area contributed by atoms with Crippen LogP contribution >= 0.6 is 23.4 Å². The van der Waals surface area contributed by atoms with Gasteiger partial charge in [-0.2, -0.15) is 0 Å². The summed E-state index contributed by atoms with van der Waals surface area (Å²) in [4.78, 5) is 11.8. The molecule has 0 aliphatic carbocycles. The monoisotopic (exact) mass is 297 g/mol. The van der Waals surface area contributed by atoms with Crippen LogP contribution in [-0.2, 0) is 4.79 Å². The second kappa shape index (κ2) is 5.94. The Balaban J connectivity index is 1.93. The van der Waals surface area contributed by atoms with Gasteiger partial charge in [-0.25, -0.2) is 4.68 Å². The Kier molecular flexibility index (Phi) is 4.28. The Morgan fingerprint density at radius 1 is 1.58 bits per heavy atom. The number of carbonyl (C=O) groups excluding carboxylic acids is 1. The number of aromatic nitrogens is 3. The van der Waals surface area contributed by atoms with Crippen LogP contribution in [0.15, 0.2) is 29.7 Å². The molecule has 2 aromatic rings. The van der Waals surface area contributed by atoms with Crippen LogP contribution < -0.4 is 11.2 Å². The van der Waals surface area contributed by atoms with E-state index in [1.54, 1.807) is 18.2 Å². The number of amides is 1. The number of anilines is 1. The Bertz CT molecular complexity index is 601. The summed E-state index contributed by atoms with van der Waals surface area (Å²) < 4.78 is 1.27. The minimum Gasteiger partial charge on any atom is -0.336 e. The number of hydrogen-bond donors (Lipinski definition) is 2. The molecule has 0 saturated carbocycles. The highest BCUT2D eigenvalue weighted by Crippen LogP contribution is 2.20. The number of benzene rings is 1. The third kappa shape index (κ3) is 3.62. The number of rotatable bonds is 4. The Hall–Kier alpha value is -1.73. The van der Waals surface area contributed by atoms with Crippen molar-refractivity contribution in [2.45, 2.75) is 12.1 Å². The molecular formula is C11H12ClN5OS. The van der Waals surface area contributed by atoms with Crippen LogP contribution in [0, 0.1) is 6.92 Å². The molecule has 19 heavy (non-hydrogen) atoms. The third-order valence-electron chi connectivity index (χ3n) is 2.34. The summed E-state index contributed by atoms with van der Waals surface area (Å²) >= 11 is 7.07. The standard InChI is InChI=1S/C11H12ClN5OS/c1-7-4-8(12)2-3-9(7)15-10(18)5-19-11-16-14-6-17(11)13/h2-4,6H,5,13H2,1H3,(H,15,18). The van der Waals surface area contributed by atoms with Gasteiger partial charge in [-0.15, -0.1) is 10.2 Å². The van der Waals surface area contributed by atoms with Gasteiger partial charge in [0, 0.05) is 10.7 Å². The first-order chi connectivity index (χ1) is 9.06. The molecule has 8 heteroatoms. The molecule has 0 atom stereocenters. The molecule has 0 spiro atoms. The van der Waals surface area contributed by atoms with Crippen LogP contribution in [0.25, 0.3) is 0 Å². The zero-order valence-corrected chi connectivity index (χ0v) is 11.7. The lowest BCUT2D eigenvalue weighted by molar-refractivity contribution is -0.113. The molecule has 0 aliphatic rings. The fourth-order valence-electron chi connectivity index (χ4n) is 1.42. The second-order valence-electron chi connectivity index (χ2n) is 3.82. The van der Waals surface area contributed by atoms with E-state index in [0.717, 1.165) is 11.3 Å². The van der Waals surface area contributed by atoms with E-state index in [-0.39, 0.29) is 11.7 Å². The molecule has 0 saturated heterocycles. The van der Waals surface area contributed by atoms with E-state index >= 15 is 0 Å². The summed E-state index contributed by atoms with van der Waals surface area (Å²) in [5.41, 5.74) is 1.65. The number of aryl methyl sites for hydroxylation is 1. The van der Waals surface area contributed by atoms with Crippen molar-refractivity contribution in [2.24, 2.45) is 0 Å². The lowest BCUT2D eigenvalue weighted by Gasteiger charge is -2.08. The van der Waals surface area contributed by atoms with Gasteiger partial charge in [-0.3, -0.25) is 4.79 Å². The molecular weight excluding hydrogens is 286 g/mol. The molecule has 2 rings (SSSR count). The van der Waals surface area contributed by atoms with E-state index in [9.17, 15) is 4.79 Å². The van der Waals surface area contributed by atoms with Gasteiger partial charge in [0.1, 0.15) is 6.33 Å². The van der Waals surface area contributed by atoms with Gasteiger partial charge in [-0.1, -0.05) is 23.4 Å². The molecule has 0 fully saturated rings. The normalized spacial score (nSPS) is 10.4. The first-order valence-corrected chi connectivity index (χ1v) is 6.76. The predicted molar refractivity (Wildman–Crippen MR) is 75.7 cm³/mol. The fourth-order valence-corrected chi connectivity index (χ4v) is 2.28. The van der Waals surface area contributed by atoms with E-state index in [4.69, 9.17) is 17.4 Å². The zero-order valence-electron chi connectivity index (χ0n) is 10.1. The Morgan fingerprint density at radius 3 is 3.00 bits per heavy atom. The van der Waals surface area contributed by atoms with Gasteiger partial charge in [0.2, 0.25) is 11.1 Å². The van der Waals surface area contributed by atoms with Crippen LogP contribution in [0.2, 0.25) is 5.02 Å². The summed E-state index contributed by atoms with van der Waals surface area (Å²) in [6.07, 6.45) is 1.38. The van der Waals surface area contributed by atoms with Crippen LogP contribution in [0.3, 0.4) is 0 Å². The molecule has 0 unspecified atom stereocenters. The van der Waals surface area contributed by atoms with Gasteiger partial charge in [0.15, 0.2) is 0 Å². The zero-order chi connectivity index (χ0) is 13.8. The highest BCUT2D eigenvalue weighted by atomic mass is 35.5. The van der Waals surface area contributed by atoms with Crippen molar-refractivity contribution in [1.82, 2.24) is 14.9 Å². The quantitative estimate of drug-likeness (QED) is 0.662. The van der Waals surface area contributed by atoms with E-state index in [1.807, 2.05) is 6.92 Å². The second-order valence-corrected chi connectivity index (χ2v) is 5.20. The summed E-state index contributed by atoms with van der Waals surface area (Å²) in [5, 5.41) is 11.3. The number of halogens is 1. The van der Waals surface area contributed by atoms with Gasteiger partial charge in [0.25, 0.3) is 0 Å². The molecule has 1 amide bonds. The maximum atomic E-state index is 11.8. The van der Waals surface area contributed by atoms with Crippen molar-refractivity contribution in [3.8, 4) is 0 Å². The summed E-state index contributed by atoms with van der Waals surface area (Å²) in [7, 11) is 0. The molecule has 1 aromatic carbocycles. The lowest BCUT2D eigenvalue weighted by atomic mass is 10.2. The Labute approximate surface area is 119 Å². The van der Waals surface area contributed by atoms with E-state index in [1.165, 1.54) is 22.8 Å². The Morgan fingerprint density at radius 2 is 2.37 bits per heavy atom. The molecule has 0 bridgehead atoms. The van der Waals surface area contributed by atoms with Crippen molar-refractivity contribution in [2.75, 3.05) is 16.9 Å². The number of hydrogen-bond acceptors (Lipinski definition) is 5. The summed E-state index contributed by atoms with van der Waals surface area (Å²) in [6.45, 7) is 1.88. The SMILES string of the molecule is Cc1cc(Cl)ccc1NC(=O)CSc1nncn1N. The van der Waals surface area contributed by atoms with Crippen molar-refractivity contribution < 1.29 is 4.79 Å². The van der Waals surface area contributed by atoms with Gasteiger partial charge in [-0.05, 0) is 30.7 Å². The molecule has 0 radical (unpaired) electrons. The third-order valence-corrected chi connectivity index (χ3v) is 3.53. The molecule has 1 heterocycles. The van der Waals surface area contributed by atoms with Crippen molar-refractivity contribution in [3.05, 3.63) is 35.1 Å². The van der Waals surface area contributed by atoms with E-state index in [0.29, 0.717) is 10.2 Å². The topological polar surface area (TPSA) is 85.8 Å². The first kappa shape index (κ1) is 13.7. The maximum Gasteiger partial charge on any atom is 0.234 e. The van der Waals surface area contributed by atoms with Gasteiger partial charge >= 0.3 is 0 Å². The van der Waals surface area contributed by atoms with Crippen molar-refractivity contribution in [1.29, 1.82) is 0 Å². The largest absolute Gasteiger partial charge is 0.336 e. The first-order valence-electron chi connectivity index (χ1n) is 5.40. The lowest BCUT2D eigenvalue weighted by Crippen LogP contribution is -2.16. The number of thioether (sulfide) groups is 1. The predicted octanol–water partition coefficient (Wildman–Crippen LogP) is 1.68. The number of nitrogens with zero attached hydrogens (tertiary/aromatic N) is 3. The number of nitrogens with two attached hydrogens (primary N) is 1. The molecule has 100 valence electrons. The summed E-state index contributed by atoms with van der Waals surface area (Å²) in [6, 6.07) is 5.29. The highest BCUT2D eigenvalue weighted by molar-refractivity contribution is 7.99. The number of nitrogen functional groups attached to an aromatic ring is 1. The number of carbonyl (C=O) groups is 1. The fraction of sp³-hybridized carbons (Fsp3) is 0.182. The van der Waals surface area contributed by atoms with Gasteiger partial charge < -0.3 is 11.2 Å². The molecule has 3 N–H and O–H groups in total. The average Bonchev–Trinajstić information content (AvgIpc) is 2.76. The number of nitrogens with one attached hydrogen (secondary N) is 1. The van der Waals surface area contributed by atoms with E-state index in [2.05, 4.69) is 15.5 Å². The summed E-state index contributed by atoms with van der Waals surface area (Å²) in [5.74, 6) is 5.61. The smallest absolute Gasteiger partial charge is 0.234 e. The highest BCUT2D eigenvalue weighted by Gasteiger charge is 2.08. The van der Waals surface area contributed by atoms with Crippen LogP contribution in [0.1, 0.15) is 5.56 Å². The minimum atomic E-state index is -0.140. The van der Waals surface area contributed by atoms with Gasteiger partial charge in [0.05, 0.1) is 5.75 Å². The van der Waals surface area contributed by atoms with Crippen molar-refractivity contribution in [3.63, 3.8) is 0 Å².